The highest BCUT2D eigenvalue weighted by molar-refractivity contribution is 5.93. The van der Waals surface area contributed by atoms with Crippen LogP contribution in [0.5, 0.6) is 11.5 Å². The molecule has 0 spiro atoms. The Kier molecular flexibility index (Phi) is 4.31. The summed E-state index contributed by atoms with van der Waals surface area (Å²) in [7, 11) is 1.63. The second-order valence-electron chi connectivity index (χ2n) is 6.24. The number of aromatic nitrogens is 2. The molecule has 0 unspecified atom stereocenters. The standard InChI is InChI=1S/C20H19N3O3/c1-25-18-6-7-19-14(9-18)8-15(12-26-19)20(24)23-17-4-2-13(3-5-17)16-10-21-22-11-16/h2-7,9-11,15H,8,12H2,1H3,(H,21,22)(H,23,24)/t15-/m0/s1. The summed E-state index contributed by atoms with van der Waals surface area (Å²) in [5, 5.41) is 9.71. The highest BCUT2D eigenvalue weighted by Gasteiger charge is 2.26. The van der Waals surface area contributed by atoms with Crippen LogP contribution in [0.4, 0.5) is 5.69 Å². The van der Waals surface area contributed by atoms with E-state index >= 15 is 0 Å². The van der Waals surface area contributed by atoms with E-state index in [9.17, 15) is 4.79 Å². The quantitative estimate of drug-likeness (QED) is 0.758. The highest BCUT2D eigenvalue weighted by atomic mass is 16.5. The van der Waals surface area contributed by atoms with E-state index in [2.05, 4.69) is 15.5 Å². The molecule has 0 bridgehead atoms. The molecule has 4 rings (SSSR count). The molecule has 0 fully saturated rings. The van der Waals surface area contributed by atoms with E-state index in [1.807, 2.05) is 48.7 Å². The smallest absolute Gasteiger partial charge is 0.231 e. The first-order valence-corrected chi connectivity index (χ1v) is 8.43. The van der Waals surface area contributed by atoms with Crippen molar-refractivity contribution in [1.82, 2.24) is 10.2 Å². The van der Waals surface area contributed by atoms with Gasteiger partial charge in [-0.25, -0.2) is 0 Å². The molecule has 1 aromatic heterocycles. The van der Waals surface area contributed by atoms with Crippen LogP contribution in [-0.2, 0) is 11.2 Å². The van der Waals surface area contributed by atoms with Crippen molar-refractivity contribution < 1.29 is 14.3 Å². The lowest BCUT2D eigenvalue weighted by atomic mass is 9.95. The maximum absolute atomic E-state index is 12.6. The highest BCUT2D eigenvalue weighted by Crippen LogP contribution is 2.31. The van der Waals surface area contributed by atoms with Crippen molar-refractivity contribution in [3.63, 3.8) is 0 Å². The SMILES string of the molecule is COc1ccc2c(c1)C[C@H](C(=O)Nc1ccc(-c3cn[nH]c3)cc1)CO2. The third-order valence-corrected chi connectivity index (χ3v) is 4.53. The number of anilines is 1. The van der Waals surface area contributed by atoms with Crippen molar-refractivity contribution in [1.29, 1.82) is 0 Å². The maximum atomic E-state index is 12.6. The summed E-state index contributed by atoms with van der Waals surface area (Å²) in [6, 6.07) is 13.4. The number of ether oxygens (including phenoxy) is 2. The van der Waals surface area contributed by atoms with Crippen molar-refractivity contribution in [3.05, 3.63) is 60.4 Å². The lowest BCUT2D eigenvalue weighted by Crippen LogP contribution is -2.32. The van der Waals surface area contributed by atoms with Crippen LogP contribution in [0.15, 0.2) is 54.9 Å². The lowest BCUT2D eigenvalue weighted by molar-refractivity contribution is -0.121. The van der Waals surface area contributed by atoms with Gasteiger partial charge in [-0.15, -0.1) is 0 Å². The minimum Gasteiger partial charge on any atom is -0.497 e. The number of hydrogen-bond acceptors (Lipinski definition) is 4. The molecule has 0 saturated heterocycles. The number of benzene rings is 2. The number of nitrogens with zero attached hydrogens (tertiary/aromatic N) is 1. The van der Waals surface area contributed by atoms with Crippen LogP contribution in [0.1, 0.15) is 5.56 Å². The average molecular weight is 349 g/mol. The summed E-state index contributed by atoms with van der Waals surface area (Å²) in [5.74, 6) is 1.31. The lowest BCUT2D eigenvalue weighted by Gasteiger charge is -2.25. The van der Waals surface area contributed by atoms with Crippen LogP contribution < -0.4 is 14.8 Å². The first-order valence-electron chi connectivity index (χ1n) is 8.43. The summed E-state index contributed by atoms with van der Waals surface area (Å²) < 4.78 is 11.0. The van der Waals surface area contributed by atoms with Crippen LogP contribution in [0.3, 0.4) is 0 Å². The number of hydrogen-bond donors (Lipinski definition) is 2. The Hall–Kier alpha value is -3.28. The van der Waals surface area contributed by atoms with E-state index in [1.54, 1.807) is 13.3 Å². The molecule has 1 aliphatic rings. The number of carbonyl (C=O) groups is 1. The largest absolute Gasteiger partial charge is 0.497 e. The monoisotopic (exact) mass is 349 g/mol. The van der Waals surface area contributed by atoms with Crippen molar-refractivity contribution >= 4 is 11.6 Å². The normalized spacial score (nSPS) is 15.7. The zero-order valence-corrected chi connectivity index (χ0v) is 14.4. The Morgan fingerprint density at radius 3 is 2.81 bits per heavy atom. The van der Waals surface area contributed by atoms with Gasteiger partial charge >= 0.3 is 0 Å². The molecule has 6 nitrogen and oxygen atoms in total. The predicted molar refractivity (Wildman–Crippen MR) is 98.3 cm³/mol. The molecule has 1 amide bonds. The number of methoxy groups -OCH3 is 1. The molecule has 2 N–H and O–H groups in total. The van der Waals surface area contributed by atoms with Gasteiger partial charge in [-0.2, -0.15) is 5.10 Å². The molecule has 132 valence electrons. The first-order chi connectivity index (χ1) is 12.7. The molecule has 0 radical (unpaired) electrons. The van der Waals surface area contributed by atoms with Gasteiger partial charge in [0, 0.05) is 17.4 Å². The van der Waals surface area contributed by atoms with Gasteiger partial charge in [-0.3, -0.25) is 9.89 Å². The van der Waals surface area contributed by atoms with Crippen molar-refractivity contribution in [2.45, 2.75) is 6.42 Å². The number of nitrogens with one attached hydrogen (secondary N) is 2. The Labute approximate surface area is 151 Å². The van der Waals surface area contributed by atoms with Gasteiger partial charge in [0.05, 0.1) is 19.2 Å². The molecule has 1 aliphatic heterocycles. The summed E-state index contributed by atoms with van der Waals surface area (Å²) in [6.07, 6.45) is 4.23. The number of carbonyl (C=O) groups excluding carboxylic acids is 1. The van der Waals surface area contributed by atoms with E-state index in [1.165, 1.54) is 0 Å². The third kappa shape index (κ3) is 3.26. The van der Waals surface area contributed by atoms with Gasteiger partial charge < -0.3 is 14.8 Å². The van der Waals surface area contributed by atoms with E-state index in [-0.39, 0.29) is 11.8 Å². The second-order valence-corrected chi connectivity index (χ2v) is 6.24. The minimum absolute atomic E-state index is 0.0467. The van der Waals surface area contributed by atoms with Crippen LogP contribution >= 0.6 is 0 Å². The van der Waals surface area contributed by atoms with E-state index in [0.29, 0.717) is 13.0 Å². The second kappa shape index (κ2) is 6.92. The van der Waals surface area contributed by atoms with Gasteiger partial charge in [0.2, 0.25) is 5.91 Å². The molecular formula is C20H19N3O3. The summed E-state index contributed by atoms with van der Waals surface area (Å²) >= 11 is 0. The Morgan fingerprint density at radius 2 is 2.08 bits per heavy atom. The number of H-pyrrole nitrogens is 1. The van der Waals surface area contributed by atoms with Crippen LogP contribution in [0.2, 0.25) is 0 Å². The van der Waals surface area contributed by atoms with E-state index in [0.717, 1.165) is 33.9 Å². The average Bonchev–Trinajstić information content (AvgIpc) is 3.22. The molecule has 0 saturated carbocycles. The molecule has 1 atom stereocenters. The van der Waals surface area contributed by atoms with Crippen LogP contribution in [0.25, 0.3) is 11.1 Å². The van der Waals surface area contributed by atoms with E-state index < -0.39 is 0 Å². The summed E-state index contributed by atoms with van der Waals surface area (Å²) in [6.45, 7) is 0.373. The number of aromatic amines is 1. The van der Waals surface area contributed by atoms with Gasteiger partial charge in [0.15, 0.2) is 0 Å². The van der Waals surface area contributed by atoms with Crippen molar-refractivity contribution in [2.24, 2.45) is 5.92 Å². The minimum atomic E-state index is -0.233. The number of rotatable bonds is 4. The molecular weight excluding hydrogens is 330 g/mol. The summed E-state index contributed by atoms with van der Waals surface area (Å²) in [4.78, 5) is 12.6. The Bertz CT molecular complexity index is 905. The molecule has 26 heavy (non-hydrogen) atoms. The number of amides is 1. The fraction of sp³-hybridized carbons (Fsp3) is 0.200. The molecule has 2 aromatic carbocycles. The third-order valence-electron chi connectivity index (χ3n) is 4.53. The van der Waals surface area contributed by atoms with Crippen molar-refractivity contribution in [2.75, 3.05) is 19.0 Å². The molecule has 2 heterocycles. The Balaban J connectivity index is 1.43. The van der Waals surface area contributed by atoms with E-state index in [4.69, 9.17) is 9.47 Å². The zero-order valence-electron chi connectivity index (χ0n) is 14.4. The zero-order chi connectivity index (χ0) is 17.9. The van der Waals surface area contributed by atoms with Gasteiger partial charge in [-0.05, 0) is 47.9 Å². The van der Waals surface area contributed by atoms with Crippen LogP contribution in [-0.4, -0.2) is 29.8 Å². The fourth-order valence-electron chi connectivity index (χ4n) is 3.07. The predicted octanol–water partition coefficient (Wildman–Crippen LogP) is 3.28. The molecule has 3 aromatic rings. The van der Waals surface area contributed by atoms with Gasteiger partial charge in [0.25, 0.3) is 0 Å². The topological polar surface area (TPSA) is 76.2 Å². The van der Waals surface area contributed by atoms with Crippen molar-refractivity contribution in [3.8, 4) is 22.6 Å². The molecule has 0 aliphatic carbocycles. The molecule has 6 heteroatoms. The maximum Gasteiger partial charge on any atom is 0.231 e. The summed E-state index contributed by atoms with van der Waals surface area (Å²) in [5.41, 5.74) is 3.80. The van der Waals surface area contributed by atoms with Gasteiger partial charge in [-0.1, -0.05) is 12.1 Å². The fourth-order valence-corrected chi connectivity index (χ4v) is 3.07. The Morgan fingerprint density at radius 1 is 1.23 bits per heavy atom. The van der Waals surface area contributed by atoms with Gasteiger partial charge in [0.1, 0.15) is 18.1 Å². The number of fused-ring (bicyclic) bond motifs is 1. The first kappa shape index (κ1) is 16.2. The van der Waals surface area contributed by atoms with Crippen LogP contribution in [0, 0.1) is 5.92 Å².